The lowest BCUT2D eigenvalue weighted by molar-refractivity contribution is 0.0227. The van der Waals surface area contributed by atoms with E-state index in [2.05, 4.69) is 38.6 Å². The molecule has 1 saturated carbocycles. The van der Waals surface area contributed by atoms with Crippen LogP contribution in [0.4, 0.5) is 5.82 Å². The van der Waals surface area contributed by atoms with E-state index in [1.165, 1.54) is 25.8 Å². The van der Waals surface area contributed by atoms with Gasteiger partial charge in [0, 0.05) is 41.6 Å². The Morgan fingerprint density at radius 3 is 2.76 bits per heavy atom. The Morgan fingerprint density at radius 2 is 1.97 bits per heavy atom. The van der Waals surface area contributed by atoms with Gasteiger partial charge < -0.3 is 14.8 Å². The molecule has 1 unspecified atom stereocenters. The molecule has 2 fully saturated rings. The van der Waals surface area contributed by atoms with Gasteiger partial charge in [0.05, 0.1) is 11.6 Å². The number of likely N-dealkylation sites (tertiary alicyclic amines) is 1. The predicted molar refractivity (Wildman–Crippen MR) is 128 cm³/mol. The van der Waals surface area contributed by atoms with Gasteiger partial charge in [0.15, 0.2) is 12.6 Å². The Kier molecular flexibility index (Phi) is 6.38. The number of nitrogens with zero attached hydrogens (tertiary/aromatic N) is 4. The molecule has 5 rings (SSSR count). The first kappa shape index (κ1) is 21.6. The molecule has 2 aliphatic rings. The second-order valence-corrected chi connectivity index (χ2v) is 8.73. The summed E-state index contributed by atoms with van der Waals surface area (Å²) in [4.78, 5) is 2.61. The fourth-order valence-electron chi connectivity index (χ4n) is 4.59. The van der Waals surface area contributed by atoms with Crippen molar-refractivity contribution in [3.63, 3.8) is 0 Å². The molecule has 1 aliphatic heterocycles. The predicted octanol–water partition coefficient (Wildman–Crippen LogP) is 4.58. The smallest absolute Gasteiger partial charge is 0.189 e. The Bertz CT molecular complexity index is 1170. The lowest BCUT2D eigenvalue weighted by atomic mass is 10.0. The molecule has 1 atom stereocenters. The fraction of sp³-hybridized carbons (Fsp3) is 0.423. The molecule has 7 nitrogen and oxygen atoms in total. The molecule has 1 aliphatic carbocycles. The average molecular weight is 444 g/mol. The van der Waals surface area contributed by atoms with Crippen LogP contribution in [0.15, 0.2) is 42.5 Å². The van der Waals surface area contributed by atoms with E-state index in [-0.39, 0.29) is 6.79 Å². The standard InChI is InChI=1S/C26H29N5O2/c1-2-32-17-33-24-14-18(15-27)9-12-23(24)25-21-7-3-4-8-22(21)26(30-29-25)28-19-6-5-13-31(16-19)20-10-11-20/h3-4,7-9,12,14,19-20H,2,5-6,10-11,13,16-17H2,1H3,(H,28,30). The number of fused-ring (bicyclic) bond motifs is 1. The van der Waals surface area contributed by atoms with E-state index in [0.717, 1.165) is 46.9 Å². The maximum atomic E-state index is 9.34. The van der Waals surface area contributed by atoms with Gasteiger partial charge >= 0.3 is 0 Å². The van der Waals surface area contributed by atoms with E-state index in [4.69, 9.17) is 9.47 Å². The summed E-state index contributed by atoms with van der Waals surface area (Å²) in [7, 11) is 0. The summed E-state index contributed by atoms with van der Waals surface area (Å²) in [6.07, 6.45) is 5.03. The lowest BCUT2D eigenvalue weighted by Gasteiger charge is -2.33. The van der Waals surface area contributed by atoms with Gasteiger partial charge in [-0.3, -0.25) is 4.90 Å². The van der Waals surface area contributed by atoms with E-state index in [0.29, 0.717) is 24.0 Å². The average Bonchev–Trinajstić information content (AvgIpc) is 3.71. The zero-order valence-corrected chi connectivity index (χ0v) is 19.0. The van der Waals surface area contributed by atoms with Crippen molar-refractivity contribution in [2.24, 2.45) is 0 Å². The molecule has 1 aromatic heterocycles. The zero-order valence-electron chi connectivity index (χ0n) is 19.0. The monoisotopic (exact) mass is 443 g/mol. The highest BCUT2D eigenvalue weighted by molar-refractivity contribution is 6.01. The molecule has 0 bridgehead atoms. The zero-order chi connectivity index (χ0) is 22.6. The van der Waals surface area contributed by atoms with E-state index in [1.807, 2.05) is 25.1 Å². The normalized spacial score (nSPS) is 18.7. The number of nitriles is 1. The van der Waals surface area contributed by atoms with Gasteiger partial charge in [0.25, 0.3) is 0 Å². The molecule has 2 aromatic carbocycles. The van der Waals surface area contributed by atoms with Crippen LogP contribution in [0.2, 0.25) is 0 Å². The van der Waals surface area contributed by atoms with Crippen molar-refractivity contribution < 1.29 is 9.47 Å². The minimum Gasteiger partial charge on any atom is -0.467 e. The molecule has 0 radical (unpaired) electrons. The molecule has 3 aromatic rings. The van der Waals surface area contributed by atoms with Gasteiger partial charge in [0.1, 0.15) is 11.4 Å². The maximum absolute atomic E-state index is 9.34. The van der Waals surface area contributed by atoms with Crippen LogP contribution in [0.25, 0.3) is 22.0 Å². The Morgan fingerprint density at radius 1 is 1.12 bits per heavy atom. The van der Waals surface area contributed by atoms with Crippen molar-refractivity contribution >= 4 is 16.6 Å². The topological polar surface area (TPSA) is 83.3 Å². The summed E-state index contributed by atoms with van der Waals surface area (Å²) >= 11 is 0. The van der Waals surface area contributed by atoms with Gasteiger partial charge in [-0.2, -0.15) is 5.26 Å². The van der Waals surface area contributed by atoms with Gasteiger partial charge in [-0.25, -0.2) is 0 Å². The summed E-state index contributed by atoms with van der Waals surface area (Å²) in [5, 5.41) is 24.3. The molecule has 0 spiro atoms. The SMILES string of the molecule is CCOCOc1cc(C#N)ccc1-c1nnc(NC2CCCN(C3CC3)C2)c2ccccc12. The summed E-state index contributed by atoms with van der Waals surface area (Å²) < 4.78 is 11.2. The van der Waals surface area contributed by atoms with Crippen molar-refractivity contribution in [3.8, 4) is 23.1 Å². The lowest BCUT2D eigenvalue weighted by Crippen LogP contribution is -2.43. The first-order valence-corrected chi connectivity index (χ1v) is 11.8. The summed E-state index contributed by atoms with van der Waals surface area (Å²) in [5.41, 5.74) is 2.05. The van der Waals surface area contributed by atoms with Crippen molar-refractivity contribution in [3.05, 3.63) is 48.0 Å². The number of aromatic nitrogens is 2. The van der Waals surface area contributed by atoms with Gasteiger partial charge in [0.2, 0.25) is 0 Å². The van der Waals surface area contributed by atoms with E-state index >= 15 is 0 Å². The Hall–Kier alpha value is -3.21. The van der Waals surface area contributed by atoms with Crippen LogP contribution >= 0.6 is 0 Å². The highest BCUT2D eigenvalue weighted by Crippen LogP contribution is 2.36. The number of nitrogens with one attached hydrogen (secondary N) is 1. The molecular weight excluding hydrogens is 414 g/mol. The van der Waals surface area contributed by atoms with Gasteiger partial charge in [-0.15, -0.1) is 10.2 Å². The quantitative estimate of drug-likeness (QED) is 0.403. The van der Waals surface area contributed by atoms with E-state index in [1.54, 1.807) is 12.1 Å². The summed E-state index contributed by atoms with van der Waals surface area (Å²) in [6.45, 7) is 4.85. The molecule has 0 amide bonds. The summed E-state index contributed by atoms with van der Waals surface area (Å²) in [6, 6.07) is 16.9. The van der Waals surface area contributed by atoms with Crippen LogP contribution in [-0.4, -0.2) is 53.7 Å². The van der Waals surface area contributed by atoms with Crippen LogP contribution < -0.4 is 10.1 Å². The highest BCUT2D eigenvalue weighted by Gasteiger charge is 2.32. The van der Waals surface area contributed by atoms with Crippen LogP contribution in [0, 0.1) is 11.3 Å². The Balaban J connectivity index is 1.48. The van der Waals surface area contributed by atoms with Crippen molar-refractivity contribution in [2.75, 3.05) is 31.8 Å². The number of hydrogen-bond donors (Lipinski definition) is 1. The van der Waals surface area contributed by atoms with E-state index < -0.39 is 0 Å². The van der Waals surface area contributed by atoms with Gasteiger partial charge in [-0.05, 0) is 57.4 Å². The maximum Gasteiger partial charge on any atom is 0.189 e. The molecule has 7 heteroatoms. The third-order valence-corrected chi connectivity index (χ3v) is 6.41. The second-order valence-electron chi connectivity index (χ2n) is 8.73. The van der Waals surface area contributed by atoms with Crippen LogP contribution in [0.5, 0.6) is 5.75 Å². The molecule has 33 heavy (non-hydrogen) atoms. The third-order valence-electron chi connectivity index (χ3n) is 6.41. The number of benzene rings is 2. The second kappa shape index (κ2) is 9.74. The Labute approximate surface area is 194 Å². The molecular formula is C26H29N5O2. The first-order chi connectivity index (χ1) is 16.3. The van der Waals surface area contributed by atoms with Gasteiger partial charge in [-0.1, -0.05) is 24.3 Å². The first-order valence-electron chi connectivity index (χ1n) is 11.8. The summed E-state index contributed by atoms with van der Waals surface area (Å²) in [5.74, 6) is 1.39. The third kappa shape index (κ3) is 4.77. The van der Waals surface area contributed by atoms with Crippen molar-refractivity contribution in [1.82, 2.24) is 15.1 Å². The molecule has 1 N–H and O–H groups in total. The van der Waals surface area contributed by atoms with Crippen LogP contribution in [0.3, 0.4) is 0 Å². The van der Waals surface area contributed by atoms with E-state index in [9.17, 15) is 5.26 Å². The minimum absolute atomic E-state index is 0.114. The fourth-order valence-corrected chi connectivity index (χ4v) is 4.59. The molecule has 1 saturated heterocycles. The highest BCUT2D eigenvalue weighted by atomic mass is 16.7. The number of anilines is 1. The van der Waals surface area contributed by atoms with Crippen molar-refractivity contribution in [2.45, 2.75) is 44.7 Å². The van der Waals surface area contributed by atoms with Crippen molar-refractivity contribution in [1.29, 1.82) is 5.26 Å². The number of piperidine rings is 1. The number of rotatable bonds is 8. The molecule has 170 valence electrons. The number of ether oxygens (including phenoxy) is 2. The minimum atomic E-state index is 0.114. The molecule has 2 heterocycles. The van der Waals surface area contributed by atoms with Crippen LogP contribution in [0.1, 0.15) is 38.2 Å². The van der Waals surface area contributed by atoms with Crippen LogP contribution in [-0.2, 0) is 4.74 Å². The largest absolute Gasteiger partial charge is 0.467 e. The number of hydrogen-bond acceptors (Lipinski definition) is 7.